The summed E-state index contributed by atoms with van der Waals surface area (Å²) in [5.41, 5.74) is 0.641. The predicted molar refractivity (Wildman–Crippen MR) is 103 cm³/mol. The first-order chi connectivity index (χ1) is 13.2. The highest BCUT2D eigenvalue weighted by atomic mass is 32.1. The molecule has 3 aromatic heterocycles. The Morgan fingerprint density at radius 3 is 2.59 bits per heavy atom. The minimum Gasteiger partial charge on any atom is -0.352 e. The average molecular weight is 382 g/mol. The molecular formula is C18H18N6O2S. The van der Waals surface area contributed by atoms with Crippen molar-refractivity contribution in [2.45, 2.75) is 6.54 Å². The summed E-state index contributed by atoms with van der Waals surface area (Å²) in [5.74, 6) is 0.731. The normalized spacial score (nSPS) is 14.4. The summed E-state index contributed by atoms with van der Waals surface area (Å²) in [4.78, 5) is 33.0. The van der Waals surface area contributed by atoms with Crippen molar-refractivity contribution in [1.29, 1.82) is 0 Å². The van der Waals surface area contributed by atoms with E-state index >= 15 is 0 Å². The second-order valence-corrected chi connectivity index (χ2v) is 7.12. The molecule has 0 aromatic carbocycles. The van der Waals surface area contributed by atoms with Gasteiger partial charge in [-0.3, -0.25) is 14.2 Å². The fraction of sp³-hybridized carbons (Fsp3) is 0.278. The Bertz CT molecular complexity index is 962. The van der Waals surface area contributed by atoms with Crippen molar-refractivity contribution in [3.8, 4) is 10.6 Å². The molecule has 9 heteroatoms. The van der Waals surface area contributed by atoms with Crippen LogP contribution >= 0.6 is 11.3 Å². The van der Waals surface area contributed by atoms with E-state index in [9.17, 15) is 9.59 Å². The summed E-state index contributed by atoms with van der Waals surface area (Å²) in [6, 6.07) is 9.30. The van der Waals surface area contributed by atoms with Gasteiger partial charge in [0, 0.05) is 38.4 Å². The van der Waals surface area contributed by atoms with E-state index in [1.807, 2.05) is 29.6 Å². The van der Waals surface area contributed by atoms with Gasteiger partial charge in [0.05, 0.1) is 11.2 Å². The number of thiophene rings is 1. The van der Waals surface area contributed by atoms with E-state index < -0.39 is 0 Å². The van der Waals surface area contributed by atoms with Crippen LogP contribution in [0.2, 0.25) is 0 Å². The molecule has 0 aliphatic carbocycles. The molecule has 138 valence electrons. The number of piperazine rings is 1. The van der Waals surface area contributed by atoms with Crippen LogP contribution in [0.1, 0.15) is 0 Å². The molecule has 0 atom stereocenters. The lowest BCUT2D eigenvalue weighted by atomic mass is 10.3. The Morgan fingerprint density at radius 2 is 1.93 bits per heavy atom. The van der Waals surface area contributed by atoms with Gasteiger partial charge < -0.3 is 9.80 Å². The van der Waals surface area contributed by atoms with Crippen molar-refractivity contribution < 1.29 is 4.79 Å². The van der Waals surface area contributed by atoms with E-state index in [4.69, 9.17) is 0 Å². The molecule has 0 N–H and O–H groups in total. The molecule has 4 heterocycles. The van der Waals surface area contributed by atoms with Gasteiger partial charge in [0.15, 0.2) is 5.82 Å². The Labute approximate surface area is 159 Å². The van der Waals surface area contributed by atoms with Crippen LogP contribution in [-0.4, -0.2) is 56.7 Å². The maximum absolute atomic E-state index is 12.4. The molecule has 4 rings (SSSR count). The van der Waals surface area contributed by atoms with Crippen molar-refractivity contribution in [1.82, 2.24) is 24.6 Å². The van der Waals surface area contributed by atoms with E-state index in [0.29, 0.717) is 26.2 Å². The molecule has 1 amide bonds. The van der Waals surface area contributed by atoms with Gasteiger partial charge in [-0.1, -0.05) is 6.07 Å². The number of rotatable bonds is 4. The van der Waals surface area contributed by atoms with Crippen LogP contribution in [0, 0.1) is 0 Å². The zero-order valence-corrected chi connectivity index (χ0v) is 15.4. The van der Waals surface area contributed by atoms with Crippen molar-refractivity contribution in [2.24, 2.45) is 0 Å². The molecule has 0 unspecified atom stereocenters. The van der Waals surface area contributed by atoms with Gasteiger partial charge in [-0.25, -0.2) is 4.98 Å². The van der Waals surface area contributed by atoms with Gasteiger partial charge in [-0.2, -0.15) is 0 Å². The lowest BCUT2D eigenvalue weighted by molar-refractivity contribution is -0.132. The van der Waals surface area contributed by atoms with E-state index in [1.165, 1.54) is 23.2 Å². The topological polar surface area (TPSA) is 84.2 Å². The molecule has 1 aliphatic heterocycles. The zero-order chi connectivity index (χ0) is 18.6. The predicted octanol–water partition coefficient (Wildman–Crippen LogP) is 1.11. The number of carbonyl (C=O) groups is 1. The maximum Gasteiger partial charge on any atom is 0.253 e. The van der Waals surface area contributed by atoms with Crippen LogP contribution in [0.3, 0.4) is 0 Å². The minimum atomic E-state index is -0.224. The quantitative estimate of drug-likeness (QED) is 0.672. The minimum absolute atomic E-state index is 0.0159. The number of anilines is 1. The van der Waals surface area contributed by atoms with Gasteiger partial charge in [0.1, 0.15) is 12.2 Å². The largest absolute Gasteiger partial charge is 0.352 e. The van der Waals surface area contributed by atoms with E-state index in [1.54, 1.807) is 16.2 Å². The van der Waals surface area contributed by atoms with Crippen LogP contribution < -0.4 is 10.5 Å². The molecule has 0 bridgehead atoms. The summed E-state index contributed by atoms with van der Waals surface area (Å²) in [6.45, 7) is 2.55. The Balaban J connectivity index is 1.35. The lowest BCUT2D eigenvalue weighted by Gasteiger charge is -2.35. The monoisotopic (exact) mass is 382 g/mol. The first-order valence-electron chi connectivity index (χ1n) is 8.61. The van der Waals surface area contributed by atoms with E-state index in [2.05, 4.69) is 20.1 Å². The van der Waals surface area contributed by atoms with Gasteiger partial charge in [-0.15, -0.1) is 21.5 Å². The average Bonchev–Trinajstić information content (AvgIpc) is 3.25. The van der Waals surface area contributed by atoms with Crippen LogP contribution in [0.15, 0.2) is 53.0 Å². The molecule has 1 fully saturated rings. The SMILES string of the molecule is O=C(Cn1cnccc1=O)N1CCN(c2ccc(-c3cccs3)nn2)CC1. The Kier molecular flexibility index (Phi) is 4.93. The smallest absolute Gasteiger partial charge is 0.253 e. The van der Waals surface area contributed by atoms with Crippen LogP contribution in [-0.2, 0) is 11.3 Å². The number of hydrogen-bond donors (Lipinski definition) is 0. The fourth-order valence-electron chi connectivity index (χ4n) is 2.98. The number of amides is 1. The highest BCUT2D eigenvalue weighted by Gasteiger charge is 2.22. The van der Waals surface area contributed by atoms with Crippen molar-refractivity contribution >= 4 is 23.1 Å². The highest BCUT2D eigenvalue weighted by Crippen LogP contribution is 2.23. The molecular weight excluding hydrogens is 364 g/mol. The molecule has 27 heavy (non-hydrogen) atoms. The van der Waals surface area contributed by atoms with Gasteiger partial charge in [0.25, 0.3) is 5.56 Å². The Hall–Kier alpha value is -3.07. The molecule has 0 spiro atoms. The maximum atomic E-state index is 12.4. The van der Waals surface area contributed by atoms with Crippen molar-refractivity contribution in [3.05, 3.63) is 58.6 Å². The third-order valence-corrected chi connectivity index (χ3v) is 5.37. The molecule has 8 nitrogen and oxygen atoms in total. The summed E-state index contributed by atoms with van der Waals surface area (Å²) < 4.78 is 1.32. The fourth-order valence-corrected chi connectivity index (χ4v) is 3.67. The second-order valence-electron chi connectivity index (χ2n) is 6.17. The second kappa shape index (κ2) is 7.67. The van der Waals surface area contributed by atoms with Gasteiger partial charge >= 0.3 is 0 Å². The first-order valence-corrected chi connectivity index (χ1v) is 9.49. The van der Waals surface area contributed by atoms with Gasteiger partial charge in [0.2, 0.25) is 5.91 Å². The summed E-state index contributed by atoms with van der Waals surface area (Å²) in [5, 5.41) is 10.7. The zero-order valence-electron chi connectivity index (χ0n) is 14.6. The molecule has 3 aromatic rings. The number of hydrogen-bond acceptors (Lipinski definition) is 7. The van der Waals surface area contributed by atoms with Crippen LogP contribution in [0.25, 0.3) is 10.6 Å². The number of nitrogens with zero attached hydrogens (tertiary/aromatic N) is 6. The molecule has 0 saturated carbocycles. The van der Waals surface area contributed by atoms with Gasteiger partial charge in [-0.05, 0) is 23.6 Å². The Morgan fingerprint density at radius 1 is 1.07 bits per heavy atom. The van der Waals surface area contributed by atoms with E-state index in [0.717, 1.165) is 16.4 Å². The first kappa shape index (κ1) is 17.3. The molecule has 1 aliphatic rings. The summed E-state index contributed by atoms with van der Waals surface area (Å²) in [7, 11) is 0. The van der Waals surface area contributed by atoms with Crippen LogP contribution in [0.5, 0.6) is 0 Å². The lowest BCUT2D eigenvalue weighted by Crippen LogP contribution is -2.50. The summed E-state index contributed by atoms with van der Waals surface area (Å²) in [6.07, 6.45) is 2.81. The number of carbonyl (C=O) groups excluding carboxylic acids is 1. The third-order valence-electron chi connectivity index (χ3n) is 4.48. The standard InChI is InChI=1S/C18H18N6O2S/c25-17-5-6-19-13-24(17)12-18(26)23-9-7-22(8-10-23)16-4-3-14(20-21-16)15-2-1-11-27-15/h1-6,11,13H,7-10,12H2. The van der Waals surface area contributed by atoms with Crippen molar-refractivity contribution in [3.63, 3.8) is 0 Å². The highest BCUT2D eigenvalue weighted by molar-refractivity contribution is 7.13. The van der Waals surface area contributed by atoms with Crippen LogP contribution in [0.4, 0.5) is 5.82 Å². The van der Waals surface area contributed by atoms with Crippen molar-refractivity contribution in [2.75, 3.05) is 31.1 Å². The van der Waals surface area contributed by atoms with E-state index in [-0.39, 0.29) is 18.0 Å². The third kappa shape index (κ3) is 3.87. The summed E-state index contributed by atoms with van der Waals surface area (Å²) >= 11 is 1.63. The molecule has 0 radical (unpaired) electrons. The molecule has 1 saturated heterocycles. The number of aromatic nitrogens is 4.